The molecule has 1 heterocycles. The van der Waals surface area contributed by atoms with Crippen LogP contribution in [0, 0.1) is 0 Å². The van der Waals surface area contributed by atoms with Crippen molar-refractivity contribution in [3.8, 4) is 0 Å². The zero-order valence-electron chi connectivity index (χ0n) is 13.7. The van der Waals surface area contributed by atoms with E-state index in [4.69, 9.17) is 15.7 Å². The summed E-state index contributed by atoms with van der Waals surface area (Å²) in [7, 11) is 2.11. The first-order valence-corrected chi connectivity index (χ1v) is 8.58. The van der Waals surface area contributed by atoms with Gasteiger partial charge in [0.05, 0.1) is 0 Å². The molecule has 0 bridgehead atoms. The summed E-state index contributed by atoms with van der Waals surface area (Å²) in [5.41, 5.74) is 8.46. The molecule has 1 aromatic heterocycles. The maximum absolute atomic E-state index is 5.96. The van der Waals surface area contributed by atoms with Crippen molar-refractivity contribution in [2.45, 2.75) is 50.1 Å². The molecular weight excluding hydrogens is 284 g/mol. The van der Waals surface area contributed by atoms with E-state index >= 15 is 0 Å². The Hall–Kier alpha value is -1.94. The van der Waals surface area contributed by atoms with Crippen LogP contribution in [0.25, 0.3) is 0 Å². The van der Waals surface area contributed by atoms with Crippen LogP contribution in [0.2, 0.25) is 0 Å². The van der Waals surface area contributed by atoms with Crippen molar-refractivity contribution in [1.29, 1.82) is 0 Å². The Morgan fingerprint density at radius 1 is 1.09 bits per heavy atom. The number of nitrogens with two attached hydrogens (primary N) is 1. The smallest absolute Gasteiger partial charge is 0.134 e. The third-order valence-electron chi connectivity index (χ3n) is 4.94. The number of hydrogen-bond donors (Lipinski definition) is 1. The molecule has 2 aromatic rings. The van der Waals surface area contributed by atoms with Crippen LogP contribution >= 0.6 is 0 Å². The van der Waals surface area contributed by atoms with E-state index in [0.717, 1.165) is 31.0 Å². The summed E-state index contributed by atoms with van der Waals surface area (Å²) in [6.07, 6.45) is 4.58. The first kappa shape index (κ1) is 14.6. The van der Waals surface area contributed by atoms with Gasteiger partial charge >= 0.3 is 0 Å². The maximum Gasteiger partial charge on any atom is 0.134 e. The van der Waals surface area contributed by atoms with Crippen LogP contribution in [-0.4, -0.2) is 23.1 Å². The van der Waals surface area contributed by atoms with Gasteiger partial charge in [-0.05, 0) is 31.2 Å². The van der Waals surface area contributed by atoms with Crippen molar-refractivity contribution in [3.05, 3.63) is 53.5 Å². The number of rotatable bonds is 5. The van der Waals surface area contributed by atoms with Gasteiger partial charge in [-0.2, -0.15) is 0 Å². The lowest BCUT2D eigenvalue weighted by Gasteiger charge is -2.32. The Kier molecular flexibility index (Phi) is 3.77. The summed E-state index contributed by atoms with van der Waals surface area (Å²) in [4.78, 5) is 11.9. The van der Waals surface area contributed by atoms with E-state index in [2.05, 4.69) is 48.3 Å². The number of anilines is 1. The number of benzene rings is 1. The second-order valence-electron chi connectivity index (χ2n) is 7.05. The third kappa shape index (κ3) is 3.22. The molecule has 0 amide bonds. The third-order valence-corrected chi connectivity index (χ3v) is 4.94. The number of aromatic nitrogens is 2. The molecule has 2 aliphatic carbocycles. The van der Waals surface area contributed by atoms with Gasteiger partial charge in [0.1, 0.15) is 11.6 Å². The lowest BCUT2D eigenvalue weighted by molar-refractivity contribution is 0.344. The average molecular weight is 308 g/mol. The SMILES string of the molecule is CN(Cc1ccccc1)c1cc(C2CC(N)C2)nc(C2CC2)n1. The van der Waals surface area contributed by atoms with Crippen LogP contribution in [-0.2, 0) is 6.54 Å². The topological polar surface area (TPSA) is 55.0 Å². The van der Waals surface area contributed by atoms with Crippen molar-refractivity contribution >= 4 is 5.82 Å². The summed E-state index contributed by atoms with van der Waals surface area (Å²) < 4.78 is 0. The predicted octanol–water partition coefficient (Wildman–Crippen LogP) is 3.20. The fourth-order valence-electron chi connectivity index (χ4n) is 3.24. The molecule has 2 aliphatic rings. The summed E-state index contributed by atoms with van der Waals surface area (Å²) >= 11 is 0. The largest absolute Gasteiger partial charge is 0.355 e. The van der Waals surface area contributed by atoms with Crippen LogP contribution in [0.1, 0.15) is 54.6 Å². The fraction of sp³-hybridized carbons (Fsp3) is 0.474. The van der Waals surface area contributed by atoms with Gasteiger partial charge in [0.25, 0.3) is 0 Å². The lowest BCUT2D eigenvalue weighted by Crippen LogP contribution is -2.35. The molecule has 0 spiro atoms. The molecule has 4 heteroatoms. The van der Waals surface area contributed by atoms with Crippen molar-refractivity contribution in [2.75, 3.05) is 11.9 Å². The van der Waals surface area contributed by atoms with Gasteiger partial charge < -0.3 is 10.6 Å². The fourth-order valence-corrected chi connectivity index (χ4v) is 3.24. The van der Waals surface area contributed by atoms with E-state index in [-0.39, 0.29) is 0 Å². The predicted molar refractivity (Wildman–Crippen MR) is 92.5 cm³/mol. The molecule has 23 heavy (non-hydrogen) atoms. The van der Waals surface area contributed by atoms with Crippen molar-refractivity contribution in [2.24, 2.45) is 5.73 Å². The molecule has 0 aliphatic heterocycles. The normalized spacial score (nSPS) is 23.4. The van der Waals surface area contributed by atoms with Crippen LogP contribution in [0.15, 0.2) is 36.4 Å². The van der Waals surface area contributed by atoms with E-state index in [1.165, 1.54) is 24.1 Å². The van der Waals surface area contributed by atoms with Crippen molar-refractivity contribution < 1.29 is 0 Å². The Labute approximate surface area is 137 Å². The number of nitrogens with zero attached hydrogens (tertiary/aromatic N) is 3. The molecule has 4 rings (SSSR count). The quantitative estimate of drug-likeness (QED) is 0.921. The zero-order chi connectivity index (χ0) is 15.8. The van der Waals surface area contributed by atoms with Crippen LogP contribution in [0.5, 0.6) is 0 Å². The highest BCUT2D eigenvalue weighted by molar-refractivity contribution is 5.42. The highest BCUT2D eigenvalue weighted by Gasteiger charge is 2.32. The van der Waals surface area contributed by atoms with E-state index in [0.29, 0.717) is 17.9 Å². The molecule has 4 nitrogen and oxygen atoms in total. The van der Waals surface area contributed by atoms with Crippen LogP contribution < -0.4 is 10.6 Å². The summed E-state index contributed by atoms with van der Waals surface area (Å²) in [5.74, 6) is 3.18. The van der Waals surface area contributed by atoms with Gasteiger partial charge in [0.2, 0.25) is 0 Å². The molecule has 0 unspecified atom stereocenters. The zero-order valence-corrected chi connectivity index (χ0v) is 13.7. The van der Waals surface area contributed by atoms with E-state index in [1.807, 2.05) is 0 Å². The average Bonchev–Trinajstić information content (AvgIpc) is 3.37. The molecule has 120 valence electrons. The van der Waals surface area contributed by atoms with Crippen LogP contribution in [0.4, 0.5) is 5.82 Å². The Balaban J connectivity index is 1.58. The summed E-state index contributed by atoms with van der Waals surface area (Å²) in [5, 5.41) is 0. The van der Waals surface area contributed by atoms with E-state index < -0.39 is 0 Å². The van der Waals surface area contributed by atoms with Gasteiger partial charge in [0, 0.05) is 43.2 Å². The molecule has 1 aromatic carbocycles. The van der Waals surface area contributed by atoms with Crippen LogP contribution in [0.3, 0.4) is 0 Å². The highest BCUT2D eigenvalue weighted by Crippen LogP contribution is 2.41. The van der Waals surface area contributed by atoms with E-state index in [1.54, 1.807) is 0 Å². The maximum atomic E-state index is 5.96. The molecule has 2 fully saturated rings. The minimum Gasteiger partial charge on any atom is -0.355 e. The molecule has 2 saturated carbocycles. The van der Waals surface area contributed by atoms with Gasteiger partial charge in [-0.1, -0.05) is 30.3 Å². The standard InChI is InChI=1S/C19H24N4/c1-23(12-13-5-3-2-4-6-13)18-11-17(15-9-16(20)10-15)21-19(22-18)14-7-8-14/h2-6,11,14-16H,7-10,12,20H2,1H3. The van der Waals surface area contributed by atoms with Gasteiger partial charge in [-0.3, -0.25) is 0 Å². The van der Waals surface area contributed by atoms with Gasteiger partial charge in [0.15, 0.2) is 0 Å². The summed E-state index contributed by atoms with van der Waals surface area (Å²) in [6.45, 7) is 0.867. The molecule has 0 saturated heterocycles. The second kappa shape index (κ2) is 5.93. The minimum atomic E-state index is 0.352. The Bertz CT molecular complexity index is 675. The minimum absolute atomic E-state index is 0.352. The first-order chi connectivity index (χ1) is 11.2. The first-order valence-electron chi connectivity index (χ1n) is 8.58. The number of hydrogen-bond acceptors (Lipinski definition) is 4. The molecule has 2 N–H and O–H groups in total. The lowest BCUT2D eigenvalue weighted by atomic mass is 9.78. The monoisotopic (exact) mass is 308 g/mol. The second-order valence-corrected chi connectivity index (χ2v) is 7.05. The Morgan fingerprint density at radius 2 is 1.83 bits per heavy atom. The van der Waals surface area contributed by atoms with Crippen molar-refractivity contribution in [1.82, 2.24) is 9.97 Å². The van der Waals surface area contributed by atoms with Gasteiger partial charge in [-0.25, -0.2) is 9.97 Å². The van der Waals surface area contributed by atoms with Crippen molar-refractivity contribution in [3.63, 3.8) is 0 Å². The summed E-state index contributed by atoms with van der Waals surface area (Å²) in [6, 6.07) is 13.1. The molecule has 0 atom stereocenters. The van der Waals surface area contributed by atoms with Gasteiger partial charge in [-0.15, -0.1) is 0 Å². The molecular formula is C19H24N4. The Morgan fingerprint density at radius 3 is 2.48 bits per heavy atom. The van der Waals surface area contributed by atoms with E-state index in [9.17, 15) is 0 Å². The molecule has 0 radical (unpaired) electrons. The highest BCUT2D eigenvalue weighted by atomic mass is 15.2.